The maximum atomic E-state index is 11.4. The highest BCUT2D eigenvalue weighted by molar-refractivity contribution is 9.10. The van der Waals surface area contributed by atoms with E-state index in [4.69, 9.17) is 11.6 Å². The number of non-ortho nitro benzene ring substituents is 1. The minimum atomic E-state index is -0.507. The number of rotatable bonds is 3. The van der Waals surface area contributed by atoms with Gasteiger partial charge >= 0.3 is 0 Å². The molecule has 4 nitrogen and oxygen atoms in total. The van der Waals surface area contributed by atoms with E-state index in [2.05, 4.69) is 15.9 Å². The molecule has 6 heteroatoms. The molecular formula is C9H7BrClNO3. The van der Waals surface area contributed by atoms with Gasteiger partial charge in [0.25, 0.3) is 5.69 Å². The van der Waals surface area contributed by atoms with E-state index in [0.29, 0.717) is 15.6 Å². The van der Waals surface area contributed by atoms with Crippen LogP contribution in [0.2, 0.25) is 0 Å². The van der Waals surface area contributed by atoms with E-state index in [-0.39, 0.29) is 17.4 Å². The third-order valence-electron chi connectivity index (χ3n) is 1.88. The van der Waals surface area contributed by atoms with Gasteiger partial charge in [0.2, 0.25) is 0 Å². The Balaban J connectivity index is 3.33. The number of benzene rings is 1. The predicted octanol–water partition coefficient (Wildman–Crippen LogP) is 3.09. The van der Waals surface area contributed by atoms with Crippen LogP contribution in [0.15, 0.2) is 16.6 Å². The maximum Gasteiger partial charge on any atom is 0.270 e. The Labute approximate surface area is 99.5 Å². The van der Waals surface area contributed by atoms with Crippen molar-refractivity contribution in [1.82, 2.24) is 0 Å². The molecule has 0 N–H and O–H groups in total. The van der Waals surface area contributed by atoms with Crippen molar-refractivity contribution in [3.05, 3.63) is 37.8 Å². The summed E-state index contributed by atoms with van der Waals surface area (Å²) in [5.41, 5.74) is 0.892. The highest BCUT2D eigenvalue weighted by atomic mass is 79.9. The number of alkyl halides is 1. The Hall–Kier alpha value is -0.940. The van der Waals surface area contributed by atoms with Crippen LogP contribution in [-0.2, 0) is 0 Å². The standard InChI is InChI=1S/C9H7BrClNO3/c1-5-2-6(12(14)15)3-7(10)9(5)8(13)4-11/h2-3H,4H2,1H3. The van der Waals surface area contributed by atoms with Gasteiger partial charge in [0, 0.05) is 22.2 Å². The molecule has 0 amide bonds. The zero-order valence-corrected chi connectivity index (χ0v) is 10.1. The third kappa shape index (κ3) is 2.54. The van der Waals surface area contributed by atoms with Gasteiger partial charge in [-0.15, -0.1) is 11.6 Å². The second kappa shape index (κ2) is 4.72. The lowest BCUT2D eigenvalue weighted by Gasteiger charge is -2.05. The summed E-state index contributed by atoms with van der Waals surface area (Å²) >= 11 is 8.55. The fourth-order valence-electron chi connectivity index (χ4n) is 1.25. The van der Waals surface area contributed by atoms with Crippen LogP contribution in [-0.4, -0.2) is 16.6 Å². The lowest BCUT2D eigenvalue weighted by molar-refractivity contribution is -0.385. The molecule has 0 aromatic heterocycles. The number of carbonyl (C=O) groups is 1. The van der Waals surface area contributed by atoms with Gasteiger partial charge in [-0.25, -0.2) is 0 Å². The first-order valence-electron chi connectivity index (χ1n) is 4.01. The van der Waals surface area contributed by atoms with Crippen LogP contribution in [0.5, 0.6) is 0 Å². The Morgan fingerprint density at radius 1 is 1.60 bits per heavy atom. The molecule has 0 spiro atoms. The van der Waals surface area contributed by atoms with Crippen LogP contribution >= 0.6 is 27.5 Å². The highest BCUT2D eigenvalue weighted by Crippen LogP contribution is 2.27. The van der Waals surface area contributed by atoms with Crippen molar-refractivity contribution in [2.75, 3.05) is 5.88 Å². The lowest BCUT2D eigenvalue weighted by atomic mass is 10.1. The van der Waals surface area contributed by atoms with Crippen molar-refractivity contribution in [2.24, 2.45) is 0 Å². The van der Waals surface area contributed by atoms with Gasteiger partial charge < -0.3 is 0 Å². The van der Waals surface area contributed by atoms with Crippen molar-refractivity contribution in [3.8, 4) is 0 Å². The molecule has 1 rings (SSSR count). The molecule has 15 heavy (non-hydrogen) atoms. The summed E-state index contributed by atoms with van der Waals surface area (Å²) in [4.78, 5) is 21.4. The molecule has 0 unspecified atom stereocenters. The lowest BCUT2D eigenvalue weighted by Crippen LogP contribution is -2.05. The molecule has 0 atom stereocenters. The molecule has 0 aliphatic rings. The molecule has 80 valence electrons. The number of Topliss-reactive ketones (excluding diaryl/α,β-unsaturated/α-hetero) is 1. The Bertz CT molecular complexity index is 410. The van der Waals surface area contributed by atoms with Crippen molar-refractivity contribution >= 4 is 39.0 Å². The van der Waals surface area contributed by atoms with Gasteiger partial charge in [-0.05, 0) is 28.4 Å². The zero-order valence-electron chi connectivity index (χ0n) is 7.79. The smallest absolute Gasteiger partial charge is 0.270 e. The number of nitro benzene ring substituents is 1. The van der Waals surface area contributed by atoms with Crippen LogP contribution in [0.3, 0.4) is 0 Å². The molecule has 0 fully saturated rings. The molecule has 0 aliphatic heterocycles. The number of aryl methyl sites for hydroxylation is 1. The van der Waals surface area contributed by atoms with Crippen molar-refractivity contribution in [1.29, 1.82) is 0 Å². The number of nitro groups is 1. The van der Waals surface area contributed by atoms with Crippen LogP contribution in [0.1, 0.15) is 15.9 Å². The fraction of sp³-hybridized carbons (Fsp3) is 0.222. The summed E-state index contributed by atoms with van der Waals surface area (Å²) < 4.78 is 0.403. The third-order valence-corrected chi connectivity index (χ3v) is 2.75. The summed E-state index contributed by atoms with van der Waals surface area (Å²) in [7, 11) is 0. The van der Waals surface area contributed by atoms with Gasteiger partial charge in [-0.3, -0.25) is 14.9 Å². The first-order chi connectivity index (χ1) is 6.97. The monoisotopic (exact) mass is 291 g/mol. The number of ketones is 1. The normalized spacial score (nSPS) is 10.1. The van der Waals surface area contributed by atoms with Crippen molar-refractivity contribution in [3.63, 3.8) is 0 Å². The SMILES string of the molecule is Cc1cc([N+](=O)[O-])cc(Br)c1C(=O)CCl. The van der Waals surface area contributed by atoms with Crippen LogP contribution in [0, 0.1) is 17.0 Å². The average molecular weight is 293 g/mol. The molecule has 1 aromatic carbocycles. The van der Waals surface area contributed by atoms with Gasteiger partial charge in [-0.2, -0.15) is 0 Å². The first kappa shape index (κ1) is 12.1. The van der Waals surface area contributed by atoms with E-state index in [9.17, 15) is 14.9 Å². The summed E-state index contributed by atoms with van der Waals surface area (Å²) in [6, 6.07) is 2.65. The van der Waals surface area contributed by atoms with Gasteiger partial charge in [-0.1, -0.05) is 0 Å². The Morgan fingerprint density at radius 3 is 2.60 bits per heavy atom. The molecular weight excluding hydrogens is 285 g/mol. The summed E-state index contributed by atoms with van der Waals surface area (Å²) in [6.07, 6.45) is 0. The van der Waals surface area contributed by atoms with E-state index in [1.807, 2.05) is 0 Å². The fourth-order valence-corrected chi connectivity index (χ4v) is 2.15. The molecule has 0 radical (unpaired) electrons. The molecule has 0 saturated heterocycles. The average Bonchev–Trinajstić information content (AvgIpc) is 2.16. The Kier molecular flexibility index (Phi) is 3.82. The zero-order chi connectivity index (χ0) is 11.6. The highest BCUT2D eigenvalue weighted by Gasteiger charge is 2.17. The minimum Gasteiger partial charge on any atom is -0.293 e. The first-order valence-corrected chi connectivity index (χ1v) is 5.33. The van der Waals surface area contributed by atoms with Gasteiger partial charge in [0.15, 0.2) is 5.78 Å². The van der Waals surface area contributed by atoms with Gasteiger partial charge in [0.05, 0.1) is 10.8 Å². The largest absolute Gasteiger partial charge is 0.293 e. The topological polar surface area (TPSA) is 60.2 Å². The molecule has 0 heterocycles. The number of halogens is 2. The molecule has 0 bridgehead atoms. The van der Waals surface area contributed by atoms with Gasteiger partial charge in [0.1, 0.15) is 0 Å². The molecule has 0 saturated carbocycles. The van der Waals surface area contributed by atoms with E-state index >= 15 is 0 Å². The summed E-state index contributed by atoms with van der Waals surface area (Å²) in [5.74, 6) is -0.395. The predicted molar refractivity (Wildman–Crippen MR) is 60.6 cm³/mol. The van der Waals surface area contributed by atoms with Crippen LogP contribution in [0.25, 0.3) is 0 Å². The van der Waals surface area contributed by atoms with E-state index in [0.717, 1.165) is 0 Å². The molecule has 1 aromatic rings. The minimum absolute atomic E-state index is 0.0505. The van der Waals surface area contributed by atoms with E-state index in [1.165, 1.54) is 12.1 Å². The van der Waals surface area contributed by atoms with Crippen molar-refractivity contribution < 1.29 is 9.72 Å². The van der Waals surface area contributed by atoms with E-state index < -0.39 is 4.92 Å². The summed E-state index contributed by atoms with van der Waals surface area (Å²) in [6.45, 7) is 1.64. The summed E-state index contributed by atoms with van der Waals surface area (Å²) in [5, 5.41) is 10.5. The number of carbonyl (C=O) groups excluding carboxylic acids is 1. The quantitative estimate of drug-likeness (QED) is 0.372. The maximum absolute atomic E-state index is 11.4. The number of nitrogens with zero attached hydrogens (tertiary/aromatic N) is 1. The number of hydrogen-bond donors (Lipinski definition) is 0. The van der Waals surface area contributed by atoms with E-state index in [1.54, 1.807) is 6.92 Å². The second-order valence-corrected chi connectivity index (χ2v) is 4.06. The van der Waals surface area contributed by atoms with Crippen molar-refractivity contribution in [2.45, 2.75) is 6.92 Å². The van der Waals surface area contributed by atoms with Crippen LogP contribution in [0.4, 0.5) is 5.69 Å². The number of hydrogen-bond acceptors (Lipinski definition) is 3. The Morgan fingerprint density at radius 2 is 2.20 bits per heavy atom. The molecule has 0 aliphatic carbocycles. The second-order valence-electron chi connectivity index (χ2n) is 2.93. The van der Waals surface area contributed by atoms with Crippen LogP contribution < -0.4 is 0 Å².